The predicted octanol–water partition coefficient (Wildman–Crippen LogP) is 14.4. The van der Waals surface area contributed by atoms with Crippen LogP contribution in [0.1, 0.15) is 0 Å². The number of hydrogen-bond acceptors (Lipinski definition) is 1. The fraction of sp³-hybridized carbons (Fsp3) is 0. The van der Waals surface area contributed by atoms with Gasteiger partial charge in [-0.15, -0.1) is 0 Å². The minimum Gasteiger partial charge on any atom is -0.456 e. The topological polar surface area (TPSA) is 13.1 Å². The highest BCUT2D eigenvalue weighted by atomic mass is 16.3. The van der Waals surface area contributed by atoms with Crippen molar-refractivity contribution in [3.63, 3.8) is 0 Å². The maximum absolute atomic E-state index is 6.54. The summed E-state index contributed by atoms with van der Waals surface area (Å²) in [7, 11) is 0. The monoisotopic (exact) mass is 646 g/mol. The number of fused-ring (bicyclic) bond motifs is 9. The molecule has 1 aromatic heterocycles. The Balaban J connectivity index is 1.09. The molecule has 0 N–H and O–H groups in total. The third-order valence-corrected chi connectivity index (χ3v) is 10.8. The molecule has 10 aromatic carbocycles. The van der Waals surface area contributed by atoms with Gasteiger partial charge in [0.25, 0.3) is 0 Å². The zero-order valence-electron chi connectivity index (χ0n) is 27.7. The van der Waals surface area contributed by atoms with Crippen molar-refractivity contribution in [2.24, 2.45) is 0 Å². The van der Waals surface area contributed by atoms with Crippen LogP contribution < -0.4 is 0 Å². The zero-order chi connectivity index (χ0) is 33.5. The largest absolute Gasteiger partial charge is 0.456 e. The lowest BCUT2D eigenvalue weighted by atomic mass is 9.85. The molecule has 1 heteroatoms. The highest BCUT2D eigenvalue weighted by molar-refractivity contribution is 6.23. The molecule has 0 aliphatic carbocycles. The second-order valence-corrected chi connectivity index (χ2v) is 13.7. The molecule has 0 spiro atoms. The van der Waals surface area contributed by atoms with Gasteiger partial charge in [0.05, 0.1) is 0 Å². The minimum atomic E-state index is 0.911. The third kappa shape index (κ3) is 4.35. The first kappa shape index (κ1) is 28.2. The van der Waals surface area contributed by atoms with Crippen LogP contribution in [0.2, 0.25) is 0 Å². The maximum Gasteiger partial charge on any atom is 0.136 e. The van der Waals surface area contributed by atoms with Crippen LogP contribution in [-0.2, 0) is 0 Å². The molecule has 0 radical (unpaired) electrons. The molecule has 236 valence electrons. The molecule has 1 nitrogen and oxygen atoms in total. The second kappa shape index (κ2) is 10.9. The summed E-state index contributed by atoms with van der Waals surface area (Å²) in [5.74, 6) is 0. The van der Waals surface area contributed by atoms with E-state index in [1.54, 1.807) is 0 Å². The summed E-state index contributed by atoms with van der Waals surface area (Å²) in [5, 5.41) is 14.7. The van der Waals surface area contributed by atoms with E-state index in [2.05, 4.69) is 182 Å². The first-order valence-corrected chi connectivity index (χ1v) is 17.6. The molecular weight excluding hydrogens is 617 g/mol. The molecule has 0 atom stereocenters. The maximum atomic E-state index is 6.54. The Kier molecular flexibility index (Phi) is 6.02. The molecule has 51 heavy (non-hydrogen) atoms. The van der Waals surface area contributed by atoms with E-state index in [-0.39, 0.29) is 0 Å². The van der Waals surface area contributed by atoms with Crippen LogP contribution in [0.4, 0.5) is 0 Å². The Hall–Kier alpha value is -6.70. The Labute approximate surface area is 294 Å². The predicted molar refractivity (Wildman–Crippen MR) is 218 cm³/mol. The zero-order valence-corrected chi connectivity index (χ0v) is 27.7. The van der Waals surface area contributed by atoms with Crippen LogP contribution in [0.15, 0.2) is 186 Å². The van der Waals surface area contributed by atoms with Crippen LogP contribution in [-0.4, -0.2) is 0 Å². The van der Waals surface area contributed by atoms with Gasteiger partial charge < -0.3 is 4.42 Å². The summed E-state index contributed by atoms with van der Waals surface area (Å²) in [6.07, 6.45) is 0. The van der Waals surface area contributed by atoms with E-state index in [0.29, 0.717) is 0 Å². The molecule has 0 saturated carbocycles. The Bertz CT molecular complexity index is 3140. The lowest BCUT2D eigenvalue weighted by Crippen LogP contribution is -1.91. The van der Waals surface area contributed by atoms with Gasteiger partial charge in [-0.25, -0.2) is 0 Å². The summed E-state index contributed by atoms with van der Waals surface area (Å²) >= 11 is 0. The van der Waals surface area contributed by atoms with Crippen molar-refractivity contribution in [3.8, 4) is 33.4 Å². The van der Waals surface area contributed by atoms with Gasteiger partial charge in [-0.1, -0.05) is 146 Å². The molecular formula is C50H30O. The molecule has 0 amide bonds. The van der Waals surface area contributed by atoms with Crippen molar-refractivity contribution in [2.45, 2.75) is 0 Å². The van der Waals surface area contributed by atoms with Crippen LogP contribution in [0, 0.1) is 0 Å². The number of benzene rings is 10. The van der Waals surface area contributed by atoms with Crippen molar-refractivity contribution < 1.29 is 4.42 Å². The molecule has 0 aliphatic rings. The quantitative estimate of drug-likeness (QED) is 0.174. The van der Waals surface area contributed by atoms with Crippen LogP contribution in [0.3, 0.4) is 0 Å². The standard InChI is InChI=1S/C50H30O/c1-2-11-33-27-34(18-17-31(33)9-1)35-19-20-37-29-38(22-21-36(37)28-35)48-41-13-5-7-15-43(41)49(44-16-8-6-14-42(44)48)39-23-25-45-47(30-39)51-46-26-24-32-10-3-4-12-40(32)50(45)46/h1-30H. The number of hydrogen-bond donors (Lipinski definition) is 0. The van der Waals surface area contributed by atoms with Crippen LogP contribution in [0.5, 0.6) is 0 Å². The molecule has 11 rings (SSSR count). The number of rotatable bonds is 3. The van der Waals surface area contributed by atoms with Gasteiger partial charge in [0.2, 0.25) is 0 Å². The van der Waals surface area contributed by atoms with E-state index in [9.17, 15) is 0 Å². The van der Waals surface area contributed by atoms with Crippen molar-refractivity contribution in [2.75, 3.05) is 0 Å². The van der Waals surface area contributed by atoms with Crippen molar-refractivity contribution in [1.29, 1.82) is 0 Å². The van der Waals surface area contributed by atoms with Gasteiger partial charge >= 0.3 is 0 Å². The summed E-state index contributed by atoms with van der Waals surface area (Å²) in [5.41, 5.74) is 9.18. The molecule has 0 fully saturated rings. The summed E-state index contributed by atoms with van der Waals surface area (Å²) in [6, 6.07) is 66.4. The van der Waals surface area contributed by atoms with Gasteiger partial charge in [0, 0.05) is 10.8 Å². The van der Waals surface area contributed by atoms with Gasteiger partial charge in [0.1, 0.15) is 11.2 Å². The lowest BCUT2D eigenvalue weighted by molar-refractivity contribution is 0.669. The molecule has 11 aromatic rings. The van der Waals surface area contributed by atoms with E-state index in [4.69, 9.17) is 4.42 Å². The van der Waals surface area contributed by atoms with E-state index >= 15 is 0 Å². The average molecular weight is 647 g/mol. The molecule has 0 aliphatic heterocycles. The summed E-state index contributed by atoms with van der Waals surface area (Å²) < 4.78 is 6.54. The van der Waals surface area contributed by atoms with Gasteiger partial charge in [0.15, 0.2) is 0 Å². The van der Waals surface area contributed by atoms with Gasteiger partial charge in [-0.3, -0.25) is 0 Å². The van der Waals surface area contributed by atoms with E-state index in [0.717, 1.165) is 22.1 Å². The normalized spacial score (nSPS) is 11.9. The molecule has 0 bridgehead atoms. The smallest absolute Gasteiger partial charge is 0.136 e. The highest BCUT2D eigenvalue weighted by Crippen LogP contribution is 2.45. The second-order valence-electron chi connectivity index (χ2n) is 13.7. The highest BCUT2D eigenvalue weighted by Gasteiger charge is 2.18. The fourth-order valence-electron chi connectivity index (χ4n) is 8.40. The van der Waals surface area contributed by atoms with E-state index in [1.165, 1.54) is 87.1 Å². The average Bonchev–Trinajstić information content (AvgIpc) is 3.58. The first-order chi connectivity index (χ1) is 25.3. The van der Waals surface area contributed by atoms with Crippen molar-refractivity contribution >= 4 is 75.8 Å². The third-order valence-electron chi connectivity index (χ3n) is 10.8. The first-order valence-electron chi connectivity index (χ1n) is 17.6. The Morgan fingerprint density at radius 3 is 1.33 bits per heavy atom. The Morgan fingerprint density at radius 2 is 0.686 bits per heavy atom. The molecule has 0 unspecified atom stereocenters. The van der Waals surface area contributed by atoms with Gasteiger partial charge in [-0.2, -0.15) is 0 Å². The van der Waals surface area contributed by atoms with Crippen molar-refractivity contribution in [3.05, 3.63) is 182 Å². The minimum absolute atomic E-state index is 0.911. The Morgan fingerprint density at radius 1 is 0.255 bits per heavy atom. The van der Waals surface area contributed by atoms with E-state index in [1.807, 2.05) is 0 Å². The molecule has 1 heterocycles. The van der Waals surface area contributed by atoms with Gasteiger partial charge in [-0.05, 0) is 124 Å². The van der Waals surface area contributed by atoms with Crippen molar-refractivity contribution in [1.82, 2.24) is 0 Å². The number of furan rings is 1. The van der Waals surface area contributed by atoms with E-state index < -0.39 is 0 Å². The van der Waals surface area contributed by atoms with Crippen LogP contribution in [0.25, 0.3) is 109 Å². The SMILES string of the molecule is c1ccc2cc(-c3ccc4cc(-c5c6ccccc6c(-c6ccc7c(c6)oc6ccc8ccccc8c67)c6ccccc56)ccc4c3)ccc2c1. The summed E-state index contributed by atoms with van der Waals surface area (Å²) in [6.45, 7) is 0. The van der Waals surface area contributed by atoms with Crippen LogP contribution >= 0.6 is 0 Å². The lowest BCUT2D eigenvalue weighted by Gasteiger charge is -2.18. The fourth-order valence-corrected chi connectivity index (χ4v) is 8.40. The molecule has 0 saturated heterocycles. The summed E-state index contributed by atoms with van der Waals surface area (Å²) in [4.78, 5) is 0.